The molecule has 2 aromatic rings. The first kappa shape index (κ1) is 16.8. The summed E-state index contributed by atoms with van der Waals surface area (Å²) in [5.74, 6) is 0. The third kappa shape index (κ3) is 4.27. The van der Waals surface area contributed by atoms with Crippen LogP contribution in [-0.2, 0) is 14.8 Å². The zero-order valence-corrected chi connectivity index (χ0v) is 14.5. The van der Waals surface area contributed by atoms with Crippen molar-refractivity contribution >= 4 is 21.4 Å². The van der Waals surface area contributed by atoms with Crippen LogP contribution in [0.4, 0.5) is 11.4 Å². The Hall–Kier alpha value is -2.05. The van der Waals surface area contributed by atoms with Crippen molar-refractivity contribution in [1.82, 2.24) is 0 Å². The van der Waals surface area contributed by atoms with E-state index in [0.29, 0.717) is 5.69 Å². The number of sulfonamides is 1. The van der Waals surface area contributed by atoms with E-state index in [1.807, 2.05) is 25.1 Å². The average molecular weight is 346 g/mol. The third-order valence-corrected chi connectivity index (χ3v) is 5.37. The van der Waals surface area contributed by atoms with E-state index < -0.39 is 10.0 Å². The van der Waals surface area contributed by atoms with Crippen molar-refractivity contribution in [2.45, 2.75) is 30.8 Å². The van der Waals surface area contributed by atoms with E-state index in [9.17, 15) is 8.42 Å². The second kappa shape index (κ2) is 7.23. The predicted molar refractivity (Wildman–Crippen MR) is 95.9 cm³/mol. The van der Waals surface area contributed by atoms with E-state index >= 15 is 0 Å². The zero-order valence-electron chi connectivity index (χ0n) is 13.7. The van der Waals surface area contributed by atoms with Gasteiger partial charge in [-0.3, -0.25) is 4.72 Å². The van der Waals surface area contributed by atoms with Gasteiger partial charge in [-0.15, -0.1) is 0 Å². The molecule has 0 spiro atoms. The summed E-state index contributed by atoms with van der Waals surface area (Å²) >= 11 is 0. The first-order chi connectivity index (χ1) is 11.5. The molecule has 0 amide bonds. The molecule has 0 bridgehead atoms. The van der Waals surface area contributed by atoms with Gasteiger partial charge in [0.25, 0.3) is 10.0 Å². The highest BCUT2D eigenvalue weighted by Crippen LogP contribution is 2.20. The Kier molecular flexibility index (Phi) is 5.06. The molecule has 1 aliphatic rings. The van der Waals surface area contributed by atoms with E-state index in [4.69, 9.17) is 4.74 Å². The minimum atomic E-state index is -3.56. The molecule has 1 aliphatic heterocycles. The molecule has 0 aliphatic carbocycles. The predicted octanol–water partition coefficient (Wildman–Crippen LogP) is 3.39. The quantitative estimate of drug-likeness (QED) is 0.841. The molecule has 0 radical (unpaired) electrons. The van der Waals surface area contributed by atoms with Gasteiger partial charge >= 0.3 is 0 Å². The van der Waals surface area contributed by atoms with Crippen molar-refractivity contribution in [3.05, 3.63) is 54.1 Å². The number of hydrogen-bond donors (Lipinski definition) is 2. The van der Waals surface area contributed by atoms with Crippen molar-refractivity contribution in [2.75, 3.05) is 23.2 Å². The summed E-state index contributed by atoms with van der Waals surface area (Å²) in [7, 11) is -3.56. The molecule has 1 atom stereocenters. The largest absolute Gasteiger partial charge is 0.382 e. The van der Waals surface area contributed by atoms with Crippen molar-refractivity contribution < 1.29 is 13.2 Å². The third-order valence-electron chi connectivity index (χ3n) is 3.99. The molecule has 6 heteroatoms. The van der Waals surface area contributed by atoms with Gasteiger partial charge < -0.3 is 10.1 Å². The van der Waals surface area contributed by atoms with Crippen LogP contribution in [0, 0.1) is 6.92 Å². The maximum absolute atomic E-state index is 12.4. The van der Waals surface area contributed by atoms with Gasteiger partial charge in [0.05, 0.1) is 11.0 Å². The Balaban J connectivity index is 1.63. The topological polar surface area (TPSA) is 67.4 Å². The van der Waals surface area contributed by atoms with Gasteiger partial charge in [0.2, 0.25) is 0 Å². The summed E-state index contributed by atoms with van der Waals surface area (Å²) in [4.78, 5) is 0.267. The van der Waals surface area contributed by atoms with Crippen molar-refractivity contribution in [3.63, 3.8) is 0 Å². The summed E-state index contributed by atoms with van der Waals surface area (Å²) in [5, 5.41) is 3.31. The maximum Gasteiger partial charge on any atom is 0.261 e. The molecule has 1 fully saturated rings. The smallest absolute Gasteiger partial charge is 0.261 e. The van der Waals surface area contributed by atoms with E-state index in [0.717, 1.165) is 37.2 Å². The molecule has 1 heterocycles. The number of hydrogen-bond acceptors (Lipinski definition) is 4. The lowest BCUT2D eigenvalue weighted by atomic mass is 10.2. The monoisotopic (exact) mass is 346 g/mol. The SMILES string of the molecule is Cc1cccc(S(=O)(=O)Nc2ccc(NCC3CCCO3)cc2)c1. The lowest BCUT2D eigenvalue weighted by Crippen LogP contribution is -2.18. The van der Waals surface area contributed by atoms with Gasteiger partial charge in [-0.05, 0) is 61.7 Å². The van der Waals surface area contributed by atoms with Crippen molar-refractivity contribution in [3.8, 4) is 0 Å². The normalized spacial score (nSPS) is 17.6. The van der Waals surface area contributed by atoms with Crippen LogP contribution in [0.1, 0.15) is 18.4 Å². The number of rotatable bonds is 6. The van der Waals surface area contributed by atoms with Gasteiger partial charge in [0.1, 0.15) is 0 Å². The minimum absolute atomic E-state index is 0.267. The number of nitrogens with one attached hydrogen (secondary N) is 2. The highest BCUT2D eigenvalue weighted by molar-refractivity contribution is 7.92. The number of ether oxygens (including phenoxy) is 1. The Morgan fingerprint density at radius 3 is 2.54 bits per heavy atom. The van der Waals surface area contributed by atoms with Gasteiger partial charge in [0.15, 0.2) is 0 Å². The lowest BCUT2D eigenvalue weighted by Gasteiger charge is -2.13. The Morgan fingerprint density at radius 1 is 1.12 bits per heavy atom. The lowest BCUT2D eigenvalue weighted by molar-refractivity contribution is 0.120. The molecule has 128 valence electrons. The van der Waals surface area contributed by atoms with Crippen LogP contribution in [0.25, 0.3) is 0 Å². The first-order valence-corrected chi connectivity index (χ1v) is 9.56. The van der Waals surface area contributed by atoms with Crippen molar-refractivity contribution in [1.29, 1.82) is 0 Å². The molecule has 24 heavy (non-hydrogen) atoms. The van der Waals surface area contributed by atoms with E-state index in [2.05, 4.69) is 10.0 Å². The van der Waals surface area contributed by atoms with Crippen LogP contribution in [-0.4, -0.2) is 27.7 Å². The molecule has 1 saturated heterocycles. The Bertz CT molecular complexity index is 782. The molecule has 0 saturated carbocycles. The van der Waals surface area contributed by atoms with Crippen LogP contribution >= 0.6 is 0 Å². The summed E-state index contributed by atoms with van der Waals surface area (Å²) in [6, 6.07) is 14.1. The fourth-order valence-corrected chi connectivity index (χ4v) is 3.85. The van der Waals surface area contributed by atoms with Crippen LogP contribution in [0.5, 0.6) is 0 Å². The second-order valence-corrected chi connectivity index (χ2v) is 7.70. The highest BCUT2D eigenvalue weighted by atomic mass is 32.2. The number of aryl methyl sites for hydroxylation is 1. The molecule has 2 aromatic carbocycles. The van der Waals surface area contributed by atoms with E-state index in [1.54, 1.807) is 30.3 Å². The number of benzene rings is 2. The van der Waals surface area contributed by atoms with Gasteiger partial charge in [0, 0.05) is 24.5 Å². The van der Waals surface area contributed by atoms with Gasteiger partial charge in [-0.2, -0.15) is 0 Å². The molecule has 0 aromatic heterocycles. The van der Waals surface area contributed by atoms with Crippen LogP contribution < -0.4 is 10.0 Å². The second-order valence-electron chi connectivity index (χ2n) is 6.02. The molecular formula is C18H22N2O3S. The average Bonchev–Trinajstić information content (AvgIpc) is 3.07. The Morgan fingerprint density at radius 2 is 1.88 bits per heavy atom. The van der Waals surface area contributed by atoms with Crippen LogP contribution in [0.15, 0.2) is 53.4 Å². The summed E-state index contributed by atoms with van der Waals surface area (Å²) in [6.07, 6.45) is 2.47. The molecule has 3 rings (SSSR count). The first-order valence-electron chi connectivity index (χ1n) is 8.08. The standard InChI is InChI=1S/C18H22N2O3S/c1-14-4-2-6-18(12-14)24(21,22)20-16-9-7-15(8-10-16)19-13-17-5-3-11-23-17/h2,4,6-10,12,17,19-20H,3,5,11,13H2,1H3. The summed E-state index contributed by atoms with van der Waals surface area (Å²) in [6.45, 7) is 3.48. The van der Waals surface area contributed by atoms with E-state index in [-0.39, 0.29) is 11.0 Å². The molecule has 1 unspecified atom stereocenters. The minimum Gasteiger partial charge on any atom is -0.382 e. The van der Waals surface area contributed by atoms with Gasteiger partial charge in [-0.1, -0.05) is 12.1 Å². The van der Waals surface area contributed by atoms with Crippen LogP contribution in [0.3, 0.4) is 0 Å². The summed E-state index contributed by atoms with van der Waals surface area (Å²) in [5.41, 5.74) is 2.40. The maximum atomic E-state index is 12.4. The zero-order chi connectivity index (χ0) is 17.0. The van der Waals surface area contributed by atoms with Crippen molar-refractivity contribution in [2.24, 2.45) is 0 Å². The van der Waals surface area contributed by atoms with Gasteiger partial charge in [-0.25, -0.2) is 8.42 Å². The molecule has 5 nitrogen and oxygen atoms in total. The number of anilines is 2. The van der Waals surface area contributed by atoms with E-state index in [1.165, 1.54) is 0 Å². The summed E-state index contributed by atoms with van der Waals surface area (Å²) < 4.78 is 33.0. The highest BCUT2D eigenvalue weighted by Gasteiger charge is 2.15. The molecular weight excluding hydrogens is 324 g/mol. The van der Waals surface area contributed by atoms with Crippen LogP contribution in [0.2, 0.25) is 0 Å². The fourth-order valence-electron chi connectivity index (χ4n) is 2.69. The fraction of sp³-hybridized carbons (Fsp3) is 0.333. The molecule has 2 N–H and O–H groups in total. The Labute approximate surface area is 143 Å².